The van der Waals surface area contributed by atoms with Crippen LogP contribution in [0, 0.1) is 17.1 Å². The molecule has 2 aromatic carbocycles. The number of hydrogen-bond donors (Lipinski definition) is 3. The number of ether oxygens (including phenoxy) is 1. The van der Waals surface area contributed by atoms with E-state index in [0.717, 1.165) is 0 Å². The van der Waals surface area contributed by atoms with Crippen LogP contribution in [0.3, 0.4) is 0 Å². The van der Waals surface area contributed by atoms with Gasteiger partial charge >= 0.3 is 0 Å². The molecule has 0 saturated heterocycles. The van der Waals surface area contributed by atoms with Gasteiger partial charge in [-0.1, -0.05) is 18.2 Å². The zero-order chi connectivity index (χ0) is 19.4. The van der Waals surface area contributed by atoms with Crippen molar-refractivity contribution in [3.63, 3.8) is 0 Å². The molecule has 7 heteroatoms. The molecule has 0 aliphatic carbocycles. The molecule has 3 N–H and O–H groups in total. The average Bonchev–Trinajstić information content (AvgIpc) is 2.71. The number of nitrogens with one attached hydrogen (secondary N) is 1. The van der Waals surface area contributed by atoms with Crippen LogP contribution in [0.15, 0.2) is 42.5 Å². The van der Waals surface area contributed by atoms with Crippen LogP contribution in [0.5, 0.6) is 5.75 Å². The second-order valence-corrected chi connectivity index (χ2v) is 5.90. The van der Waals surface area contributed by atoms with Crippen LogP contribution in [0.25, 0.3) is 21.9 Å². The summed E-state index contributed by atoms with van der Waals surface area (Å²) in [6.45, 7) is -0.355. The molecule has 3 aromatic rings. The Hall–Kier alpha value is -3.21. The number of nitrogens with zero attached hydrogens (tertiary/aromatic N) is 2. The molecule has 3 rings (SSSR count). The quantitative estimate of drug-likeness (QED) is 0.620. The maximum atomic E-state index is 14.5. The molecule has 6 nitrogen and oxygen atoms in total. The van der Waals surface area contributed by atoms with E-state index in [-0.39, 0.29) is 17.8 Å². The summed E-state index contributed by atoms with van der Waals surface area (Å²) in [4.78, 5) is 4.33. The SMILES string of the molecule is COc1ccc2c(NCC(O)CO)nc(C#N)c(-c3ccccc3F)c2c1. The molecule has 0 spiro atoms. The van der Waals surface area contributed by atoms with Gasteiger partial charge in [-0.2, -0.15) is 5.26 Å². The molecule has 0 radical (unpaired) electrons. The number of anilines is 1. The molecule has 27 heavy (non-hydrogen) atoms. The van der Waals surface area contributed by atoms with Gasteiger partial charge in [0.1, 0.15) is 23.5 Å². The third kappa shape index (κ3) is 3.67. The minimum Gasteiger partial charge on any atom is -0.497 e. The molecule has 138 valence electrons. The molecule has 0 fully saturated rings. The van der Waals surface area contributed by atoms with Gasteiger partial charge in [0.15, 0.2) is 5.69 Å². The molecule has 0 aliphatic rings. The van der Waals surface area contributed by atoms with E-state index in [0.29, 0.717) is 27.9 Å². The van der Waals surface area contributed by atoms with Gasteiger partial charge in [-0.05, 0) is 29.7 Å². The number of halogens is 1. The Bertz CT molecular complexity index is 1020. The monoisotopic (exact) mass is 367 g/mol. The Morgan fingerprint density at radius 2 is 2.04 bits per heavy atom. The van der Waals surface area contributed by atoms with Crippen LogP contribution in [0.2, 0.25) is 0 Å². The van der Waals surface area contributed by atoms with Crippen molar-refractivity contribution in [2.45, 2.75) is 6.10 Å². The number of aromatic nitrogens is 1. The van der Waals surface area contributed by atoms with E-state index in [1.165, 1.54) is 13.2 Å². The predicted octanol–water partition coefficient (Wildman–Crippen LogP) is 2.69. The van der Waals surface area contributed by atoms with Crippen molar-refractivity contribution >= 4 is 16.6 Å². The summed E-state index contributed by atoms with van der Waals surface area (Å²) in [5.74, 6) is 0.449. The van der Waals surface area contributed by atoms with Crippen LogP contribution in [-0.2, 0) is 0 Å². The van der Waals surface area contributed by atoms with Gasteiger partial charge in [0, 0.05) is 23.1 Å². The smallest absolute Gasteiger partial charge is 0.151 e. The topological polar surface area (TPSA) is 98.4 Å². The van der Waals surface area contributed by atoms with Gasteiger partial charge in [0.05, 0.1) is 19.8 Å². The summed E-state index contributed by atoms with van der Waals surface area (Å²) in [5.41, 5.74) is 0.682. The van der Waals surface area contributed by atoms with E-state index in [4.69, 9.17) is 9.84 Å². The van der Waals surface area contributed by atoms with Crippen molar-refractivity contribution in [3.8, 4) is 22.9 Å². The number of benzene rings is 2. The fraction of sp³-hybridized carbons (Fsp3) is 0.200. The van der Waals surface area contributed by atoms with Crippen LogP contribution < -0.4 is 10.1 Å². The molecule has 0 bridgehead atoms. The van der Waals surface area contributed by atoms with E-state index in [1.807, 2.05) is 6.07 Å². The summed E-state index contributed by atoms with van der Waals surface area (Å²) in [6.07, 6.45) is -0.975. The van der Waals surface area contributed by atoms with E-state index in [9.17, 15) is 14.8 Å². The summed E-state index contributed by atoms with van der Waals surface area (Å²) >= 11 is 0. The molecule has 1 aromatic heterocycles. The van der Waals surface area contributed by atoms with Crippen molar-refractivity contribution in [1.82, 2.24) is 4.98 Å². The van der Waals surface area contributed by atoms with Gasteiger partial charge < -0.3 is 20.3 Å². The number of aliphatic hydroxyl groups is 2. The largest absolute Gasteiger partial charge is 0.497 e. The van der Waals surface area contributed by atoms with Gasteiger partial charge in [0.2, 0.25) is 0 Å². The predicted molar refractivity (Wildman–Crippen MR) is 100.0 cm³/mol. The summed E-state index contributed by atoms with van der Waals surface area (Å²) in [6, 6.07) is 13.4. The number of methoxy groups -OCH3 is 1. The van der Waals surface area contributed by atoms with Crippen molar-refractivity contribution in [1.29, 1.82) is 5.26 Å². The van der Waals surface area contributed by atoms with E-state index in [1.54, 1.807) is 36.4 Å². The van der Waals surface area contributed by atoms with Crippen LogP contribution in [0.1, 0.15) is 5.69 Å². The highest BCUT2D eigenvalue weighted by Crippen LogP contribution is 2.37. The number of nitriles is 1. The number of aliphatic hydroxyl groups excluding tert-OH is 2. The maximum absolute atomic E-state index is 14.5. The molecule has 0 saturated carbocycles. The highest BCUT2D eigenvalue weighted by atomic mass is 19.1. The number of hydrogen-bond acceptors (Lipinski definition) is 6. The Kier molecular flexibility index (Phi) is 5.50. The number of fused-ring (bicyclic) bond motifs is 1. The van der Waals surface area contributed by atoms with Crippen LogP contribution >= 0.6 is 0 Å². The summed E-state index contributed by atoms with van der Waals surface area (Å²) < 4.78 is 19.7. The van der Waals surface area contributed by atoms with E-state index >= 15 is 0 Å². The fourth-order valence-electron chi connectivity index (χ4n) is 2.85. The lowest BCUT2D eigenvalue weighted by Gasteiger charge is -2.16. The van der Waals surface area contributed by atoms with Crippen molar-refractivity contribution in [2.75, 3.05) is 25.6 Å². The Labute approximate surface area is 155 Å². The lowest BCUT2D eigenvalue weighted by Crippen LogP contribution is -2.23. The van der Waals surface area contributed by atoms with Gasteiger partial charge in [0.25, 0.3) is 0 Å². The standard InChI is InChI=1S/C20H18FN3O3/c1-27-13-6-7-14-16(8-13)19(15-4-2-3-5-17(15)21)18(9-22)24-20(14)23-10-12(26)11-25/h2-8,12,25-26H,10-11H2,1H3,(H,23,24). The van der Waals surface area contributed by atoms with Gasteiger partial charge in [-0.3, -0.25) is 0 Å². The first-order valence-corrected chi connectivity index (χ1v) is 8.28. The second kappa shape index (κ2) is 7.99. The number of pyridine rings is 1. The molecular weight excluding hydrogens is 349 g/mol. The molecule has 1 unspecified atom stereocenters. The average molecular weight is 367 g/mol. The minimum atomic E-state index is -0.975. The van der Waals surface area contributed by atoms with Crippen LogP contribution in [0.4, 0.5) is 10.2 Å². The van der Waals surface area contributed by atoms with Gasteiger partial charge in [-0.25, -0.2) is 9.37 Å². The Morgan fingerprint density at radius 3 is 2.70 bits per heavy atom. The number of rotatable bonds is 6. The molecule has 0 amide bonds. The first-order valence-electron chi connectivity index (χ1n) is 8.28. The molecular formula is C20H18FN3O3. The van der Waals surface area contributed by atoms with E-state index < -0.39 is 18.5 Å². The van der Waals surface area contributed by atoms with Crippen molar-refractivity contribution < 1.29 is 19.3 Å². The molecule has 0 aliphatic heterocycles. The lowest BCUT2D eigenvalue weighted by atomic mass is 9.96. The first-order chi connectivity index (χ1) is 13.1. The summed E-state index contributed by atoms with van der Waals surface area (Å²) in [5, 5.41) is 32.4. The zero-order valence-electron chi connectivity index (χ0n) is 14.6. The van der Waals surface area contributed by atoms with Crippen LogP contribution in [-0.4, -0.2) is 41.6 Å². The third-order valence-electron chi connectivity index (χ3n) is 4.18. The fourth-order valence-corrected chi connectivity index (χ4v) is 2.85. The Balaban J connectivity index is 2.29. The third-order valence-corrected chi connectivity index (χ3v) is 4.18. The summed E-state index contributed by atoms with van der Waals surface area (Å²) in [7, 11) is 1.52. The van der Waals surface area contributed by atoms with Crippen molar-refractivity contribution in [3.05, 3.63) is 54.0 Å². The zero-order valence-corrected chi connectivity index (χ0v) is 14.6. The van der Waals surface area contributed by atoms with Gasteiger partial charge in [-0.15, -0.1) is 0 Å². The highest BCUT2D eigenvalue weighted by Gasteiger charge is 2.19. The first kappa shape index (κ1) is 18.6. The normalized spacial score (nSPS) is 11.8. The second-order valence-electron chi connectivity index (χ2n) is 5.90. The molecule has 1 heterocycles. The Morgan fingerprint density at radius 1 is 1.26 bits per heavy atom. The van der Waals surface area contributed by atoms with E-state index in [2.05, 4.69) is 10.3 Å². The van der Waals surface area contributed by atoms with Crippen molar-refractivity contribution in [2.24, 2.45) is 0 Å². The highest BCUT2D eigenvalue weighted by molar-refractivity contribution is 6.04. The molecule has 1 atom stereocenters. The maximum Gasteiger partial charge on any atom is 0.151 e. The lowest BCUT2D eigenvalue weighted by molar-refractivity contribution is 0.105. The minimum absolute atomic E-state index is 0.0434.